The number of nitro groups is 1. The van der Waals surface area contributed by atoms with Gasteiger partial charge in [-0.2, -0.15) is 0 Å². The fourth-order valence-electron chi connectivity index (χ4n) is 2.14. The van der Waals surface area contributed by atoms with Gasteiger partial charge in [0.25, 0.3) is 5.69 Å². The van der Waals surface area contributed by atoms with E-state index in [4.69, 9.17) is 11.6 Å². The predicted molar refractivity (Wildman–Crippen MR) is 73.4 cm³/mol. The molecule has 1 N–H and O–H groups in total. The van der Waals surface area contributed by atoms with Gasteiger partial charge in [-0.15, -0.1) is 0 Å². The lowest BCUT2D eigenvalue weighted by molar-refractivity contribution is -0.384. The molecule has 1 atom stereocenters. The predicted octanol–water partition coefficient (Wildman–Crippen LogP) is 2.38. The van der Waals surface area contributed by atoms with Gasteiger partial charge in [-0.3, -0.25) is 10.1 Å². The summed E-state index contributed by atoms with van der Waals surface area (Å²) in [7, 11) is -3.15. The van der Waals surface area contributed by atoms with Crippen LogP contribution >= 0.6 is 11.6 Å². The number of hydrogen-bond acceptors (Lipinski definition) is 5. The van der Waals surface area contributed by atoms with Crippen LogP contribution in [-0.4, -0.2) is 30.9 Å². The lowest BCUT2D eigenvalue weighted by Gasteiger charge is -2.12. The second kappa shape index (κ2) is 5.53. The maximum atomic E-state index is 13.2. The van der Waals surface area contributed by atoms with Gasteiger partial charge in [0.1, 0.15) is 11.5 Å². The Bertz CT molecular complexity index is 650. The summed E-state index contributed by atoms with van der Waals surface area (Å²) in [5.74, 6) is -0.761. The molecule has 0 radical (unpaired) electrons. The van der Waals surface area contributed by atoms with Crippen LogP contribution in [0.15, 0.2) is 12.1 Å². The minimum atomic E-state index is -3.15. The Labute approximate surface area is 120 Å². The normalized spacial score (nSPS) is 20.8. The monoisotopic (exact) mass is 322 g/mol. The molecule has 0 spiro atoms. The lowest BCUT2D eigenvalue weighted by atomic mass is 10.2. The summed E-state index contributed by atoms with van der Waals surface area (Å²) in [6.07, 6.45) is 1.10. The molecule has 1 saturated heterocycles. The molecule has 110 valence electrons. The zero-order valence-corrected chi connectivity index (χ0v) is 11.9. The third kappa shape index (κ3) is 3.01. The van der Waals surface area contributed by atoms with E-state index >= 15 is 0 Å². The molecule has 9 heteroatoms. The third-order valence-electron chi connectivity index (χ3n) is 3.22. The van der Waals surface area contributed by atoms with Crippen LogP contribution in [-0.2, 0) is 9.84 Å². The van der Waals surface area contributed by atoms with Gasteiger partial charge in [0.05, 0.1) is 27.0 Å². The Morgan fingerprint density at radius 3 is 2.75 bits per heavy atom. The zero-order chi connectivity index (χ0) is 14.9. The van der Waals surface area contributed by atoms with Crippen molar-refractivity contribution < 1.29 is 17.7 Å². The molecule has 2 rings (SSSR count). The van der Waals surface area contributed by atoms with Crippen molar-refractivity contribution in [2.45, 2.75) is 18.1 Å². The van der Waals surface area contributed by atoms with E-state index in [1.165, 1.54) is 0 Å². The van der Waals surface area contributed by atoms with Crippen LogP contribution in [0.1, 0.15) is 12.8 Å². The summed E-state index contributed by atoms with van der Waals surface area (Å²) in [6.45, 7) is 0.0468. The van der Waals surface area contributed by atoms with Gasteiger partial charge in [-0.25, -0.2) is 12.8 Å². The average molecular weight is 323 g/mol. The smallest absolute Gasteiger partial charge is 0.295 e. The highest BCUT2D eigenvalue weighted by Gasteiger charge is 2.31. The van der Waals surface area contributed by atoms with E-state index < -0.39 is 31.5 Å². The number of nitro benzene ring substituents is 1. The largest absolute Gasteiger partial charge is 0.378 e. The van der Waals surface area contributed by atoms with Crippen LogP contribution in [0.3, 0.4) is 0 Å². The highest BCUT2D eigenvalue weighted by atomic mass is 35.5. The number of halogens is 2. The van der Waals surface area contributed by atoms with Crippen LogP contribution in [0, 0.1) is 15.9 Å². The Morgan fingerprint density at radius 1 is 1.50 bits per heavy atom. The fourth-order valence-corrected chi connectivity index (χ4v) is 4.07. The molecule has 0 aliphatic carbocycles. The highest BCUT2D eigenvalue weighted by molar-refractivity contribution is 7.92. The molecule has 0 aromatic heterocycles. The van der Waals surface area contributed by atoms with E-state index in [0.717, 1.165) is 6.07 Å². The van der Waals surface area contributed by atoms with Crippen molar-refractivity contribution >= 4 is 32.8 Å². The van der Waals surface area contributed by atoms with E-state index in [-0.39, 0.29) is 23.0 Å². The molecule has 0 bridgehead atoms. The van der Waals surface area contributed by atoms with Crippen LogP contribution in [0.5, 0.6) is 0 Å². The van der Waals surface area contributed by atoms with Gasteiger partial charge in [0.15, 0.2) is 9.84 Å². The number of hydrogen-bond donors (Lipinski definition) is 1. The van der Waals surface area contributed by atoms with Gasteiger partial charge < -0.3 is 5.32 Å². The van der Waals surface area contributed by atoms with Crippen LogP contribution in [0.2, 0.25) is 5.02 Å². The first-order valence-electron chi connectivity index (χ1n) is 5.90. The van der Waals surface area contributed by atoms with E-state index in [1.54, 1.807) is 0 Å². The summed E-state index contributed by atoms with van der Waals surface area (Å²) in [5, 5.41) is 12.7. The van der Waals surface area contributed by atoms with E-state index in [9.17, 15) is 22.9 Å². The number of benzene rings is 1. The van der Waals surface area contributed by atoms with Gasteiger partial charge in [-0.1, -0.05) is 11.6 Å². The van der Waals surface area contributed by atoms with E-state index in [1.807, 2.05) is 0 Å². The van der Waals surface area contributed by atoms with Crippen molar-refractivity contribution in [3.63, 3.8) is 0 Å². The summed E-state index contributed by atoms with van der Waals surface area (Å²) in [4.78, 5) is 10.1. The first-order valence-corrected chi connectivity index (χ1v) is 7.99. The number of nitrogens with one attached hydrogen (secondary N) is 1. The third-order valence-corrected chi connectivity index (χ3v) is 5.78. The molecular weight excluding hydrogens is 311 g/mol. The SMILES string of the molecule is O=[N+]([O-])c1cc(F)c(Cl)cc1NCC1CCCS1(=O)=O. The number of sulfone groups is 1. The number of nitrogens with zero attached hydrogens (tertiary/aromatic N) is 1. The van der Waals surface area contributed by atoms with Crippen LogP contribution < -0.4 is 5.32 Å². The Morgan fingerprint density at radius 2 is 2.20 bits per heavy atom. The van der Waals surface area contributed by atoms with Crippen molar-refractivity contribution in [2.24, 2.45) is 0 Å². The molecule has 1 aliphatic rings. The maximum absolute atomic E-state index is 13.2. The van der Waals surface area contributed by atoms with Gasteiger partial charge >= 0.3 is 0 Å². The molecule has 6 nitrogen and oxygen atoms in total. The molecule has 1 unspecified atom stereocenters. The summed E-state index contributed by atoms with van der Waals surface area (Å²) < 4.78 is 36.5. The van der Waals surface area contributed by atoms with Crippen LogP contribution in [0.25, 0.3) is 0 Å². The van der Waals surface area contributed by atoms with E-state index in [0.29, 0.717) is 18.9 Å². The molecule has 1 heterocycles. The zero-order valence-electron chi connectivity index (χ0n) is 10.3. The maximum Gasteiger partial charge on any atom is 0.295 e. The molecule has 1 aromatic carbocycles. The average Bonchev–Trinajstić information content (AvgIpc) is 2.69. The first kappa shape index (κ1) is 15.0. The molecule has 1 fully saturated rings. The minimum Gasteiger partial charge on any atom is -0.378 e. The topological polar surface area (TPSA) is 89.3 Å². The van der Waals surface area contributed by atoms with Gasteiger partial charge in [0.2, 0.25) is 0 Å². The van der Waals surface area contributed by atoms with Crippen molar-refractivity contribution in [1.82, 2.24) is 0 Å². The second-order valence-corrected chi connectivity index (χ2v) is 7.36. The molecular formula is C11H12ClFN2O4S. The van der Waals surface area contributed by atoms with Crippen molar-refractivity contribution in [2.75, 3.05) is 17.6 Å². The quantitative estimate of drug-likeness (QED) is 0.679. The van der Waals surface area contributed by atoms with Crippen molar-refractivity contribution in [3.05, 3.63) is 33.1 Å². The Hall–Kier alpha value is -1.41. The van der Waals surface area contributed by atoms with Gasteiger partial charge in [-0.05, 0) is 18.9 Å². The molecule has 0 saturated carbocycles. The molecule has 1 aromatic rings. The summed E-state index contributed by atoms with van der Waals surface area (Å²) in [6, 6.07) is 1.81. The van der Waals surface area contributed by atoms with Crippen LogP contribution in [0.4, 0.5) is 15.8 Å². The summed E-state index contributed by atoms with van der Waals surface area (Å²) in [5.41, 5.74) is -0.453. The van der Waals surface area contributed by atoms with Gasteiger partial charge in [0, 0.05) is 6.54 Å². The molecule has 20 heavy (non-hydrogen) atoms. The Balaban J connectivity index is 2.21. The first-order chi connectivity index (χ1) is 9.31. The molecule has 1 aliphatic heterocycles. The standard InChI is InChI=1S/C11H12ClFN2O4S/c12-8-4-10(11(15(16)17)5-9(8)13)14-6-7-2-1-3-20(7,18)19/h4-5,7,14H,1-3,6H2. The van der Waals surface area contributed by atoms with E-state index in [2.05, 4.69) is 5.32 Å². The van der Waals surface area contributed by atoms with Crippen molar-refractivity contribution in [1.29, 1.82) is 0 Å². The lowest BCUT2D eigenvalue weighted by Crippen LogP contribution is -2.25. The number of rotatable bonds is 4. The fraction of sp³-hybridized carbons (Fsp3) is 0.455. The minimum absolute atomic E-state index is 0.0171. The summed E-state index contributed by atoms with van der Waals surface area (Å²) >= 11 is 5.59. The Kier molecular flexibility index (Phi) is 4.14. The number of anilines is 1. The second-order valence-electron chi connectivity index (χ2n) is 4.55. The highest BCUT2D eigenvalue weighted by Crippen LogP contribution is 2.31. The molecule has 0 amide bonds. The van der Waals surface area contributed by atoms with Crippen molar-refractivity contribution in [3.8, 4) is 0 Å².